The van der Waals surface area contributed by atoms with Gasteiger partial charge in [0.25, 0.3) is 0 Å². The smallest absolute Gasteiger partial charge is 0.302 e. The van der Waals surface area contributed by atoms with Gasteiger partial charge in [0.2, 0.25) is 0 Å². The zero-order chi connectivity index (χ0) is 20.7. The lowest BCUT2D eigenvalue weighted by molar-refractivity contribution is -0.142. The highest BCUT2D eigenvalue weighted by Crippen LogP contribution is 2.33. The molecule has 2 atom stereocenters. The van der Waals surface area contributed by atoms with Crippen LogP contribution in [-0.2, 0) is 33.8 Å². The molecule has 2 unspecified atom stereocenters. The first-order valence-electron chi connectivity index (χ1n) is 8.97. The zero-order valence-corrected chi connectivity index (χ0v) is 17.1. The number of esters is 1. The van der Waals surface area contributed by atoms with Crippen LogP contribution >= 0.6 is 0 Å². The molecule has 0 heterocycles. The third-order valence-corrected chi connectivity index (χ3v) is 5.04. The Kier molecular flexibility index (Phi) is 8.17. The van der Waals surface area contributed by atoms with Gasteiger partial charge in [-0.3, -0.25) is 4.79 Å². The number of benzene rings is 2. The molecule has 0 aliphatic heterocycles. The Balaban J connectivity index is 2.35. The molecule has 2 rings (SSSR count). The summed E-state index contributed by atoms with van der Waals surface area (Å²) in [6.07, 6.45) is 0. The molecule has 0 spiro atoms. The molecule has 28 heavy (non-hydrogen) atoms. The van der Waals surface area contributed by atoms with E-state index in [0.29, 0.717) is 12.4 Å². The van der Waals surface area contributed by atoms with Gasteiger partial charge in [0.1, 0.15) is 12.4 Å². The molecule has 152 valence electrons. The fourth-order valence-electron chi connectivity index (χ4n) is 2.97. The molecule has 0 bridgehead atoms. The van der Waals surface area contributed by atoms with Gasteiger partial charge in [0.15, 0.2) is 11.1 Å². The molecule has 0 aliphatic rings. The molecule has 7 heteroatoms. The van der Waals surface area contributed by atoms with Crippen molar-refractivity contribution in [2.45, 2.75) is 34.0 Å². The van der Waals surface area contributed by atoms with Crippen LogP contribution in [0, 0.1) is 12.8 Å². The lowest BCUT2D eigenvalue weighted by Crippen LogP contribution is -2.15. The first-order valence-corrected chi connectivity index (χ1v) is 10.2. The Hall–Kier alpha value is -2.22. The Morgan fingerprint density at radius 2 is 2.00 bits per heavy atom. The van der Waals surface area contributed by atoms with E-state index < -0.39 is 11.1 Å². The molecule has 0 aromatic heterocycles. The molecule has 0 fully saturated rings. The number of ether oxygens (including phenoxy) is 2. The van der Waals surface area contributed by atoms with Gasteiger partial charge in [-0.25, -0.2) is 4.21 Å². The van der Waals surface area contributed by atoms with Gasteiger partial charge < -0.3 is 19.1 Å². The molecule has 0 amide bonds. The number of hydrogen-bond acceptors (Lipinski definition) is 5. The van der Waals surface area contributed by atoms with Crippen molar-refractivity contribution in [2.75, 3.05) is 12.4 Å². The van der Waals surface area contributed by atoms with Crippen LogP contribution in [0.2, 0.25) is 0 Å². The minimum absolute atomic E-state index is 0.0581. The number of aliphatic hydroxyl groups excluding tert-OH is 1. The van der Waals surface area contributed by atoms with E-state index in [-0.39, 0.29) is 30.9 Å². The molecule has 0 aliphatic carbocycles. The quantitative estimate of drug-likeness (QED) is 0.489. The molecular weight excluding hydrogens is 380 g/mol. The van der Waals surface area contributed by atoms with E-state index in [1.807, 2.05) is 50.2 Å². The van der Waals surface area contributed by atoms with Crippen LogP contribution < -0.4 is 4.74 Å². The number of aryl methyl sites for hydroxylation is 1. The first-order chi connectivity index (χ1) is 13.3. The van der Waals surface area contributed by atoms with Crippen LogP contribution in [0.5, 0.6) is 5.75 Å². The maximum atomic E-state index is 11.3. The van der Waals surface area contributed by atoms with Gasteiger partial charge in [-0.2, -0.15) is 0 Å². The van der Waals surface area contributed by atoms with Gasteiger partial charge in [-0.05, 0) is 47.4 Å². The van der Waals surface area contributed by atoms with E-state index in [2.05, 4.69) is 0 Å². The Morgan fingerprint density at radius 3 is 2.64 bits per heavy atom. The first kappa shape index (κ1) is 22.1. The summed E-state index contributed by atoms with van der Waals surface area (Å²) in [5.41, 5.74) is 4.36. The summed E-state index contributed by atoms with van der Waals surface area (Å²) in [4.78, 5) is 11.3. The van der Waals surface area contributed by atoms with Crippen molar-refractivity contribution in [3.63, 3.8) is 0 Å². The van der Waals surface area contributed by atoms with Crippen LogP contribution in [0.15, 0.2) is 36.4 Å². The fraction of sp³-hybridized carbons (Fsp3) is 0.381. The van der Waals surface area contributed by atoms with E-state index in [0.717, 1.165) is 27.8 Å². The van der Waals surface area contributed by atoms with E-state index in [1.165, 1.54) is 6.92 Å². The Bertz CT molecular complexity index is 849. The Morgan fingerprint density at radius 1 is 1.25 bits per heavy atom. The highest BCUT2D eigenvalue weighted by Gasteiger charge is 2.14. The molecular formula is C21H26O6S. The highest BCUT2D eigenvalue weighted by molar-refractivity contribution is 7.79. The summed E-state index contributed by atoms with van der Waals surface area (Å²) < 4.78 is 30.9. The molecule has 2 N–H and O–H groups in total. The second kappa shape index (κ2) is 10.4. The summed E-state index contributed by atoms with van der Waals surface area (Å²) in [6, 6.07) is 11.3. The lowest BCUT2D eigenvalue weighted by Gasteiger charge is -2.18. The molecule has 6 nitrogen and oxygen atoms in total. The molecule has 2 aromatic rings. The summed E-state index contributed by atoms with van der Waals surface area (Å²) in [7, 11) is 0. The van der Waals surface area contributed by atoms with Crippen molar-refractivity contribution >= 4 is 17.0 Å². The largest absolute Gasteiger partial charge is 0.493 e. The Labute approximate surface area is 167 Å². The van der Waals surface area contributed by atoms with Gasteiger partial charge in [0, 0.05) is 18.4 Å². The minimum atomic E-state index is -1.86. The zero-order valence-electron chi connectivity index (χ0n) is 16.3. The number of rotatable bonds is 9. The van der Waals surface area contributed by atoms with Crippen molar-refractivity contribution in [3.05, 3.63) is 53.1 Å². The predicted molar refractivity (Wildman–Crippen MR) is 108 cm³/mol. The monoisotopic (exact) mass is 406 g/mol. The van der Waals surface area contributed by atoms with Crippen LogP contribution in [0.25, 0.3) is 11.1 Å². The highest BCUT2D eigenvalue weighted by atomic mass is 32.2. The van der Waals surface area contributed by atoms with Crippen molar-refractivity contribution in [2.24, 2.45) is 5.92 Å². The summed E-state index contributed by atoms with van der Waals surface area (Å²) in [5, 5.41) is 9.42. The molecule has 0 radical (unpaired) electrons. The summed E-state index contributed by atoms with van der Waals surface area (Å²) in [5.74, 6) is 0.296. The van der Waals surface area contributed by atoms with Gasteiger partial charge >= 0.3 is 5.97 Å². The summed E-state index contributed by atoms with van der Waals surface area (Å²) >= 11 is -1.86. The number of carbonyl (C=O) groups is 1. The summed E-state index contributed by atoms with van der Waals surface area (Å²) in [6.45, 7) is 5.49. The number of carbonyl (C=O) groups excluding carboxylic acids is 1. The SMILES string of the molecule is CC(=O)OCc1cc(OCC(C)CS(=O)O)cc(C)c1-c1cccc(CO)c1. The average Bonchev–Trinajstić information content (AvgIpc) is 2.64. The van der Waals surface area contributed by atoms with Crippen LogP contribution in [0.3, 0.4) is 0 Å². The standard InChI is InChI=1S/C21H26O6S/c1-14(13-28(24)25)11-27-20-7-15(2)21(19(9-20)12-26-16(3)23)18-6-4-5-17(8-18)10-22/h4-9,14,22H,10-13H2,1-3H3,(H,24,25). The molecule has 2 aromatic carbocycles. The molecule has 0 saturated heterocycles. The normalized spacial score (nSPS) is 13.0. The second-order valence-electron chi connectivity index (χ2n) is 6.82. The van der Waals surface area contributed by atoms with Crippen LogP contribution in [-0.4, -0.2) is 32.2 Å². The van der Waals surface area contributed by atoms with Gasteiger partial charge in [0.05, 0.1) is 19.0 Å². The fourth-order valence-corrected chi connectivity index (χ4v) is 3.55. The second-order valence-corrected chi connectivity index (χ2v) is 7.79. The molecule has 0 saturated carbocycles. The minimum Gasteiger partial charge on any atom is -0.493 e. The van der Waals surface area contributed by atoms with E-state index >= 15 is 0 Å². The number of aliphatic hydroxyl groups is 1. The maximum Gasteiger partial charge on any atom is 0.302 e. The average molecular weight is 407 g/mol. The topological polar surface area (TPSA) is 93.1 Å². The third kappa shape index (κ3) is 6.44. The van der Waals surface area contributed by atoms with E-state index in [1.54, 1.807) is 0 Å². The lowest BCUT2D eigenvalue weighted by atomic mass is 9.94. The maximum absolute atomic E-state index is 11.3. The van der Waals surface area contributed by atoms with Crippen LogP contribution in [0.1, 0.15) is 30.5 Å². The van der Waals surface area contributed by atoms with E-state index in [4.69, 9.17) is 14.0 Å². The van der Waals surface area contributed by atoms with E-state index in [9.17, 15) is 14.1 Å². The van der Waals surface area contributed by atoms with Gasteiger partial charge in [-0.15, -0.1) is 0 Å². The van der Waals surface area contributed by atoms with Crippen LogP contribution in [0.4, 0.5) is 0 Å². The van der Waals surface area contributed by atoms with Crippen molar-refractivity contribution < 1.29 is 28.1 Å². The number of hydrogen-bond donors (Lipinski definition) is 2. The van der Waals surface area contributed by atoms with Crippen molar-refractivity contribution in [1.82, 2.24) is 0 Å². The van der Waals surface area contributed by atoms with Crippen molar-refractivity contribution in [3.8, 4) is 16.9 Å². The van der Waals surface area contributed by atoms with Gasteiger partial charge in [-0.1, -0.05) is 25.1 Å². The third-order valence-electron chi connectivity index (χ3n) is 4.18. The van der Waals surface area contributed by atoms with Crippen molar-refractivity contribution in [1.29, 1.82) is 0 Å². The predicted octanol–water partition coefficient (Wildman–Crippen LogP) is 3.45.